The first-order chi connectivity index (χ1) is 13.5. The maximum absolute atomic E-state index is 12.3. The van der Waals surface area contributed by atoms with Crippen molar-refractivity contribution in [2.75, 3.05) is 26.6 Å². The van der Waals surface area contributed by atoms with E-state index < -0.39 is 18.0 Å². The highest BCUT2D eigenvalue weighted by Gasteiger charge is 2.18. The van der Waals surface area contributed by atoms with Gasteiger partial charge in [-0.15, -0.1) is 0 Å². The van der Waals surface area contributed by atoms with Crippen LogP contribution < -0.4 is 19.5 Å². The van der Waals surface area contributed by atoms with Crippen molar-refractivity contribution in [3.8, 4) is 17.2 Å². The van der Waals surface area contributed by atoms with Crippen LogP contribution in [-0.4, -0.2) is 39.3 Å². The minimum atomic E-state index is -0.991. The number of amides is 1. The van der Waals surface area contributed by atoms with Crippen LogP contribution in [0.15, 0.2) is 48.5 Å². The Bertz CT molecular complexity index is 862. The third-order valence-electron chi connectivity index (χ3n) is 3.86. The van der Waals surface area contributed by atoms with E-state index in [2.05, 4.69) is 5.32 Å². The topological polar surface area (TPSA) is 83.1 Å². The van der Waals surface area contributed by atoms with Gasteiger partial charge >= 0.3 is 5.97 Å². The number of benzene rings is 2. The number of hydrogen-bond donors (Lipinski definition) is 1. The number of nitrogens with one attached hydrogen (secondary N) is 1. The quantitative estimate of drug-likeness (QED) is 0.555. The van der Waals surface area contributed by atoms with Gasteiger partial charge < -0.3 is 24.3 Å². The summed E-state index contributed by atoms with van der Waals surface area (Å²) in [5.41, 5.74) is 1.14. The van der Waals surface area contributed by atoms with Gasteiger partial charge in [0.1, 0.15) is 17.2 Å². The molecule has 1 N–H and O–H groups in total. The summed E-state index contributed by atoms with van der Waals surface area (Å²) in [6, 6.07) is 12.2. The van der Waals surface area contributed by atoms with Crippen LogP contribution in [0.5, 0.6) is 17.2 Å². The highest BCUT2D eigenvalue weighted by molar-refractivity contribution is 5.97. The predicted octanol–water partition coefficient (Wildman–Crippen LogP) is 3.30. The molecule has 0 radical (unpaired) electrons. The molecule has 2 aromatic carbocycles. The number of rotatable bonds is 8. The first kappa shape index (κ1) is 20.8. The molecule has 0 aliphatic rings. The van der Waals surface area contributed by atoms with Crippen LogP contribution in [0.2, 0.25) is 0 Å². The lowest BCUT2D eigenvalue weighted by atomic mass is 10.1. The van der Waals surface area contributed by atoms with Crippen molar-refractivity contribution in [3.63, 3.8) is 0 Å². The van der Waals surface area contributed by atoms with E-state index in [-0.39, 0.29) is 0 Å². The fraction of sp³-hybridized carbons (Fsp3) is 0.238. The third kappa shape index (κ3) is 5.51. The van der Waals surface area contributed by atoms with Gasteiger partial charge in [0.25, 0.3) is 5.91 Å². The van der Waals surface area contributed by atoms with Crippen molar-refractivity contribution < 1.29 is 28.5 Å². The van der Waals surface area contributed by atoms with Gasteiger partial charge in [0.2, 0.25) is 0 Å². The van der Waals surface area contributed by atoms with E-state index in [1.165, 1.54) is 33.3 Å². The molecule has 7 nitrogen and oxygen atoms in total. The van der Waals surface area contributed by atoms with Crippen LogP contribution in [0, 0.1) is 0 Å². The van der Waals surface area contributed by atoms with Gasteiger partial charge in [0.05, 0.1) is 27.0 Å². The van der Waals surface area contributed by atoms with Crippen LogP contribution in [0.4, 0.5) is 5.69 Å². The van der Waals surface area contributed by atoms with Crippen LogP contribution in [0.3, 0.4) is 0 Å². The number of para-hydroxylation sites is 2. The molecule has 0 saturated carbocycles. The van der Waals surface area contributed by atoms with E-state index >= 15 is 0 Å². The highest BCUT2D eigenvalue weighted by atomic mass is 16.5. The second kappa shape index (κ2) is 10.0. The fourth-order valence-electron chi connectivity index (χ4n) is 2.38. The Kier molecular flexibility index (Phi) is 7.45. The number of esters is 1. The summed E-state index contributed by atoms with van der Waals surface area (Å²) >= 11 is 0. The standard InChI is InChI=1S/C21H23NO6/c1-14(21(24)22-17-7-5-6-8-19(17)27-4)28-20(23)12-9-15-13-16(25-2)10-11-18(15)26-3/h5-14H,1-4H3,(H,22,24)/b12-9+/t14-/m1/s1. The maximum atomic E-state index is 12.3. The Labute approximate surface area is 163 Å². The van der Waals surface area contributed by atoms with Crippen LogP contribution >= 0.6 is 0 Å². The summed E-state index contributed by atoms with van der Waals surface area (Å²) in [6.07, 6.45) is 1.77. The lowest BCUT2D eigenvalue weighted by Gasteiger charge is -2.14. The lowest BCUT2D eigenvalue weighted by molar-refractivity contribution is -0.148. The summed E-state index contributed by atoms with van der Waals surface area (Å²) in [5, 5.41) is 2.67. The fourth-order valence-corrected chi connectivity index (χ4v) is 2.38. The number of anilines is 1. The average Bonchev–Trinajstić information content (AvgIpc) is 2.72. The molecule has 0 spiro atoms. The van der Waals surface area contributed by atoms with Crippen molar-refractivity contribution in [2.45, 2.75) is 13.0 Å². The zero-order chi connectivity index (χ0) is 20.5. The molecule has 0 aliphatic heterocycles. The van der Waals surface area contributed by atoms with Gasteiger partial charge in [-0.25, -0.2) is 4.79 Å². The van der Waals surface area contributed by atoms with Crippen LogP contribution in [0.1, 0.15) is 12.5 Å². The van der Waals surface area contributed by atoms with E-state index in [1.54, 1.807) is 49.6 Å². The molecule has 148 valence electrons. The van der Waals surface area contributed by atoms with Crippen molar-refractivity contribution in [1.82, 2.24) is 0 Å². The van der Waals surface area contributed by atoms with E-state index in [0.717, 1.165) is 0 Å². The summed E-state index contributed by atoms with van der Waals surface area (Å²) in [5.74, 6) is 0.585. The van der Waals surface area contributed by atoms with E-state index in [1.807, 2.05) is 0 Å². The average molecular weight is 385 g/mol. The Morgan fingerprint density at radius 2 is 1.68 bits per heavy atom. The van der Waals surface area contributed by atoms with E-state index in [4.69, 9.17) is 18.9 Å². The summed E-state index contributed by atoms with van der Waals surface area (Å²) in [6.45, 7) is 1.49. The first-order valence-corrected chi connectivity index (χ1v) is 8.53. The lowest BCUT2D eigenvalue weighted by Crippen LogP contribution is -2.29. The van der Waals surface area contributed by atoms with Gasteiger partial charge in [-0.1, -0.05) is 12.1 Å². The SMILES string of the molecule is COc1ccc(OC)c(/C=C/C(=O)O[C@H](C)C(=O)Nc2ccccc2OC)c1. The summed E-state index contributed by atoms with van der Waals surface area (Å²) < 4.78 is 20.8. The van der Waals surface area contributed by atoms with E-state index in [0.29, 0.717) is 28.5 Å². The zero-order valence-corrected chi connectivity index (χ0v) is 16.2. The molecular weight excluding hydrogens is 362 g/mol. The minimum absolute atomic E-state index is 0.467. The monoisotopic (exact) mass is 385 g/mol. The van der Waals surface area contributed by atoms with Gasteiger partial charge in [0, 0.05) is 11.6 Å². The number of carbonyl (C=O) groups is 2. The second-order valence-corrected chi connectivity index (χ2v) is 5.71. The van der Waals surface area contributed by atoms with E-state index in [9.17, 15) is 9.59 Å². The molecule has 0 saturated heterocycles. The molecule has 7 heteroatoms. The molecule has 2 rings (SSSR count). The minimum Gasteiger partial charge on any atom is -0.497 e. The zero-order valence-electron chi connectivity index (χ0n) is 16.2. The van der Waals surface area contributed by atoms with Crippen LogP contribution in [-0.2, 0) is 14.3 Å². The number of carbonyl (C=O) groups excluding carboxylic acids is 2. The van der Waals surface area contributed by atoms with Gasteiger partial charge in [-0.3, -0.25) is 4.79 Å². The Hall–Kier alpha value is -3.48. The number of ether oxygens (including phenoxy) is 4. The molecule has 28 heavy (non-hydrogen) atoms. The number of methoxy groups -OCH3 is 3. The van der Waals surface area contributed by atoms with Crippen molar-refractivity contribution >= 4 is 23.6 Å². The molecule has 0 unspecified atom stereocenters. The molecular formula is C21H23NO6. The van der Waals surface area contributed by atoms with Crippen molar-refractivity contribution in [2.24, 2.45) is 0 Å². The molecule has 1 amide bonds. The largest absolute Gasteiger partial charge is 0.497 e. The van der Waals surface area contributed by atoms with Gasteiger partial charge in [-0.2, -0.15) is 0 Å². The molecule has 1 atom stereocenters. The highest BCUT2D eigenvalue weighted by Crippen LogP contribution is 2.25. The Morgan fingerprint density at radius 1 is 0.964 bits per heavy atom. The smallest absolute Gasteiger partial charge is 0.331 e. The maximum Gasteiger partial charge on any atom is 0.331 e. The van der Waals surface area contributed by atoms with Crippen LogP contribution in [0.25, 0.3) is 6.08 Å². The first-order valence-electron chi connectivity index (χ1n) is 8.53. The number of hydrogen-bond acceptors (Lipinski definition) is 6. The molecule has 0 fully saturated rings. The Morgan fingerprint density at radius 3 is 2.36 bits per heavy atom. The predicted molar refractivity (Wildman–Crippen MR) is 106 cm³/mol. The second-order valence-electron chi connectivity index (χ2n) is 5.71. The molecule has 0 aliphatic carbocycles. The third-order valence-corrected chi connectivity index (χ3v) is 3.86. The summed E-state index contributed by atoms with van der Waals surface area (Å²) in [4.78, 5) is 24.3. The van der Waals surface area contributed by atoms with Gasteiger partial charge in [0.15, 0.2) is 6.10 Å². The normalized spacial score (nSPS) is 11.6. The molecule has 0 bridgehead atoms. The molecule has 0 aromatic heterocycles. The van der Waals surface area contributed by atoms with Gasteiger partial charge in [-0.05, 0) is 43.3 Å². The summed E-state index contributed by atoms with van der Waals surface area (Å²) in [7, 11) is 4.58. The van der Waals surface area contributed by atoms with Crippen molar-refractivity contribution in [1.29, 1.82) is 0 Å². The Balaban J connectivity index is 2.00. The molecule has 2 aromatic rings. The van der Waals surface area contributed by atoms with Crippen molar-refractivity contribution in [3.05, 3.63) is 54.1 Å². The molecule has 0 heterocycles.